The van der Waals surface area contributed by atoms with Crippen LogP contribution < -0.4 is 16.0 Å². The first-order valence-corrected chi connectivity index (χ1v) is 10.0. The third-order valence-electron chi connectivity index (χ3n) is 3.91. The molecule has 0 atom stereocenters. The average molecular weight is 395 g/mol. The molecule has 1 aromatic carbocycles. The number of nitrogens with one attached hydrogen (secondary N) is 3. The summed E-state index contributed by atoms with van der Waals surface area (Å²) in [6.07, 6.45) is 5.23. The van der Waals surface area contributed by atoms with Crippen LogP contribution in [0.25, 0.3) is 0 Å². The van der Waals surface area contributed by atoms with Gasteiger partial charge in [-0.25, -0.2) is 15.0 Å². The van der Waals surface area contributed by atoms with E-state index >= 15 is 0 Å². The van der Waals surface area contributed by atoms with Crippen LogP contribution >= 0.6 is 11.8 Å². The van der Waals surface area contributed by atoms with Crippen LogP contribution in [0.5, 0.6) is 0 Å². The Morgan fingerprint density at radius 3 is 2.46 bits per heavy atom. The SMILES string of the molecule is CSc1ccc(C(=O)NCCNc2cc(Nc3cc(C)ccn3)ncn2)cc1. The van der Waals surface area contributed by atoms with Crippen LogP contribution in [-0.2, 0) is 0 Å². The third kappa shape index (κ3) is 5.68. The highest BCUT2D eigenvalue weighted by molar-refractivity contribution is 7.98. The molecular formula is C20H22N6OS. The van der Waals surface area contributed by atoms with Crippen molar-refractivity contribution in [1.82, 2.24) is 20.3 Å². The summed E-state index contributed by atoms with van der Waals surface area (Å²) in [6.45, 7) is 3.04. The Morgan fingerprint density at radius 1 is 0.964 bits per heavy atom. The lowest BCUT2D eigenvalue weighted by Crippen LogP contribution is -2.28. The van der Waals surface area contributed by atoms with Crippen molar-refractivity contribution in [3.63, 3.8) is 0 Å². The Labute approximate surface area is 168 Å². The first-order valence-electron chi connectivity index (χ1n) is 8.82. The molecule has 7 nitrogen and oxygen atoms in total. The molecule has 1 amide bonds. The summed E-state index contributed by atoms with van der Waals surface area (Å²) in [6, 6.07) is 13.2. The minimum absolute atomic E-state index is 0.0926. The van der Waals surface area contributed by atoms with E-state index in [9.17, 15) is 4.79 Å². The molecule has 0 spiro atoms. The number of pyridine rings is 1. The van der Waals surface area contributed by atoms with Crippen molar-refractivity contribution in [2.24, 2.45) is 0 Å². The predicted octanol–water partition coefficient (Wildman–Crippen LogP) is 3.49. The number of amides is 1. The van der Waals surface area contributed by atoms with Crippen LogP contribution in [0.1, 0.15) is 15.9 Å². The zero-order valence-electron chi connectivity index (χ0n) is 15.8. The minimum atomic E-state index is -0.0926. The van der Waals surface area contributed by atoms with Crippen molar-refractivity contribution in [3.8, 4) is 0 Å². The molecule has 3 N–H and O–H groups in total. The van der Waals surface area contributed by atoms with Gasteiger partial charge in [0.2, 0.25) is 0 Å². The van der Waals surface area contributed by atoms with Crippen LogP contribution in [0.3, 0.4) is 0 Å². The molecule has 0 radical (unpaired) electrons. The molecule has 28 heavy (non-hydrogen) atoms. The summed E-state index contributed by atoms with van der Waals surface area (Å²) < 4.78 is 0. The van der Waals surface area contributed by atoms with Gasteiger partial charge >= 0.3 is 0 Å². The fraction of sp³-hybridized carbons (Fsp3) is 0.200. The van der Waals surface area contributed by atoms with E-state index in [1.165, 1.54) is 6.33 Å². The largest absolute Gasteiger partial charge is 0.368 e. The van der Waals surface area contributed by atoms with Gasteiger partial charge in [-0.15, -0.1) is 11.8 Å². The van der Waals surface area contributed by atoms with Gasteiger partial charge in [-0.05, 0) is 55.1 Å². The van der Waals surface area contributed by atoms with Gasteiger partial charge in [0.25, 0.3) is 5.91 Å². The fourth-order valence-corrected chi connectivity index (χ4v) is 2.88. The molecule has 3 aromatic rings. The lowest BCUT2D eigenvalue weighted by Gasteiger charge is -2.09. The van der Waals surface area contributed by atoms with Gasteiger partial charge in [-0.3, -0.25) is 4.79 Å². The van der Waals surface area contributed by atoms with E-state index in [0.29, 0.717) is 30.3 Å². The molecule has 3 rings (SSSR count). The normalized spacial score (nSPS) is 10.4. The van der Waals surface area contributed by atoms with Crippen LogP contribution in [0.4, 0.5) is 17.5 Å². The number of hydrogen-bond donors (Lipinski definition) is 3. The Hall–Kier alpha value is -3.13. The smallest absolute Gasteiger partial charge is 0.251 e. The maximum absolute atomic E-state index is 12.2. The number of aryl methyl sites for hydroxylation is 1. The number of carbonyl (C=O) groups excluding carboxylic acids is 1. The maximum Gasteiger partial charge on any atom is 0.251 e. The molecule has 8 heteroatoms. The van der Waals surface area contributed by atoms with E-state index < -0.39 is 0 Å². The summed E-state index contributed by atoms with van der Waals surface area (Å²) in [7, 11) is 0. The van der Waals surface area contributed by atoms with E-state index in [-0.39, 0.29) is 5.91 Å². The van der Waals surface area contributed by atoms with E-state index in [1.54, 1.807) is 24.0 Å². The number of aromatic nitrogens is 3. The first-order chi connectivity index (χ1) is 13.6. The Bertz CT molecular complexity index is 932. The molecule has 0 unspecified atom stereocenters. The lowest BCUT2D eigenvalue weighted by atomic mass is 10.2. The second kappa shape index (κ2) is 9.70. The van der Waals surface area contributed by atoms with Crippen molar-refractivity contribution >= 4 is 35.1 Å². The molecular weight excluding hydrogens is 372 g/mol. The summed E-state index contributed by atoms with van der Waals surface area (Å²) in [5.41, 5.74) is 1.76. The fourth-order valence-electron chi connectivity index (χ4n) is 2.47. The molecule has 0 aliphatic rings. The number of hydrogen-bond acceptors (Lipinski definition) is 7. The highest BCUT2D eigenvalue weighted by Gasteiger charge is 2.05. The first kappa shape index (κ1) is 19.6. The molecule has 0 aliphatic heterocycles. The Kier molecular flexibility index (Phi) is 6.80. The average Bonchev–Trinajstić information content (AvgIpc) is 2.71. The monoisotopic (exact) mass is 394 g/mol. The number of anilines is 3. The van der Waals surface area contributed by atoms with Crippen molar-refractivity contribution in [3.05, 3.63) is 66.1 Å². The van der Waals surface area contributed by atoms with Gasteiger partial charge in [-0.1, -0.05) is 0 Å². The quantitative estimate of drug-likeness (QED) is 0.398. The standard InChI is InChI=1S/C20H22N6OS/c1-14-7-8-21-18(11-14)26-19-12-17(24-13-25-19)22-9-10-23-20(27)15-3-5-16(28-2)6-4-15/h3-8,11-13H,9-10H2,1-2H3,(H,23,27)(H2,21,22,24,25,26). The summed E-state index contributed by atoms with van der Waals surface area (Å²) in [4.78, 5) is 25.9. The lowest BCUT2D eigenvalue weighted by molar-refractivity contribution is 0.0955. The Balaban J connectivity index is 1.47. The molecule has 0 saturated heterocycles. The number of nitrogens with zero attached hydrogens (tertiary/aromatic N) is 3. The van der Waals surface area contributed by atoms with Crippen LogP contribution in [0.15, 0.2) is 59.9 Å². The number of carbonyl (C=O) groups is 1. The van der Waals surface area contributed by atoms with Crippen molar-refractivity contribution < 1.29 is 4.79 Å². The van der Waals surface area contributed by atoms with Crippen LogP contribution in [-0.4, -0.2) is 40.2 Å². The topological polar surface area (TPSA) is 91.8 Å². The van der Waals surface area contributed by atoms with Gasteiger partial charge in [0.1, 0.15) is 23.8 Å². The van der Waals surface area contributed by atoms with E-state index in [2.05, 4.69) is 30.9 Å². The molecule has 0 aliphatic carbocycles. The van der Waals surface area contributed by atoms with Crippen molar-refractivity contribution in [1.29, 1.82) is 0 Å². The van der Waals surface area contributed by atoms with Gasteiger partial charge in [0, 0.05) is 35.8 Å². The highest BCUT2D eigenvalue weighted by atomic mass is 32.2. The van der Waals surface area contributed by atoms with Crippen molar-refractivity contribution in [2.75, 3.05) is 30.0 Å². The zero-order valence-corrected chi connectivity index (χ0v) is 16.6. The van der Waals surface area contributed by atoms with Crippen LogP contribution in [0.2, 0.25) is 0 Å². The molecule has 0 fully saturated rings. The van der Waals surface area contributed by atoms with E-state index in [0.717, 1.165) is 16.3 Å². The summed E-state index contributed by atoms with van der Waals surface area (Å²) >= 11 is 1.65. The van der Waals surface area contributed by atoms with Gasteiger partial charge in [-0.2, -0.15) is 0 Å². The predicted molar refractivity (Wildman–Crippen MR) is 113 cm³/mol. The number of rotatable bonds is 8. The van der Waals surface area contributed by atoms with Crippen molar-refractivity contribution in [2.45, 2.75) is 11.8 Å². The molecule has 0 bridgehead atoms. The van der Waals surface area contributed by atoms with Gasteiger partial charge < -0.3 is 16.0 Å². The minimum Gasteiger partial charge on any atom is -0.368 e. The molecule has 0 saturated carbocycles. The van der Waals surface area contributed by atoms with E-state index in [1.807, 2.05) is 49.6 Å². The molecule has 2 heterocycles. The molecule has 144 valence electrons. The number of thioether (sulfide) groups is 1. The summed E-state index contributed by atoms with van der Waals surface area (Å²) in [5, 5.41) is 9.22. The number of benzene rings is 1. The summed E-state index contributed by atoms with van der Waals surface area (Å²) in [5.74, 6) is 1.95. The van der Waals surface area contributed by atoms with E-state index in [4.69, 9.17) is 0 Å². The Morgan fingerprint density at radius 2 is 1.71 bits per heavy atom. The van der Waals surface area contributed by atoms with Crippen LogP contribution in [0, 0.1) is 6.92 Å². The second-order valence-electron chi connectivity index (χ2n) is 6.04. The molecule has 2 aromatic heterocycles. The zero-order chi connectivity index (χ0) is 19.8. The highest BCUT2D eigenvalue weighted by Crippen LogP contribution is 2.15. The van der Waals surface area contributed by atoms with Gasteiger partial charge in [0.05, 0.1) is 0 Å². The second-order valence-corrected chi connectivity index (χ2v) is 6.92. The third-order valence-corrected chi connectivity index (χ3v) is 4.65. The van der Waals surface area contributed by atoms with Gasteiger partial charge in [0.15, 0.2) is 0 Å². The maximum atomic E-state index is 12.2.